The molecule has 1 saturated carbocycles. The number of nitrogens with zero attached hydrogens (tertiary/aromatic N) is 2. The Morgan fingerprint density at radius 1 is 1.25 bits per heavy atom. The van der Waals surface area contributed by atoms with Gasteiger partial charge < -0.3 is 21.3 Å². The van der Waals surface area contributed by atoms with Gasteiger partial charge in [0.1, 0.15) is 5.82 Å². The second-order valence-electron chi connectivity index (χ2n) is 8.22. The molecule has 1 aliphatic carbocycles. The maximum Gasteiger partial charge on any atom is 0.313 e. The van der Waals surface area contributed by atoms with Crippen LogP contribution < -0.4 is 16.4 Å². The van der Waals surface area contributed by atoms with Crippen molar-refractivity contribution in [2.75, 3.05) is 17.6 Å². The normalized spacial score (nSPS) is 26.9. The van der Waals surface area contributed by atoms with Gasteiger partial charge in [-0.1, -0.05) is 6.92 Å². The van der Waals surface area contributed by atoms with Gasteiger partial charge in [-0.05, 0) is 56.1 Å². The summed E-state index contributed by atoms with van der Waals surface area (Å²) in [6, 6.07) is 1.93. The number of anilines is 2. The van der Waals surface area contributed by atoms with Crippen molar-refractivity contribution in [3.05, 3.63) is 17.8 Å². The number of nitrogen functional groups attached to an aromatic ring is 1. The van der Waals surface area contributed by atoms with Crippen molar-refractivity contribution < 1.29 is 14.4 Å². The number of likely N-dealkylation sites (tertiary alicyclic amines) is 1. The standard InChI is InChI=1S/C20H29N5O3/c1-11-4-5-17(14-7-15(8-14)23-13(3)26)25(10-11)20(28)19(27)24-16-6-12(2)18(21)22-9-16/h6,9,11,14-15,17H,4-5,7-8,10H2,1-3H3,(H2,21,22)(H,23,26)(H,24,27)/t11-,14?,15?,17?/m0/s1. The number of carbonyl (C=O) groups excluding carboxylic acids is 3. The summed E-state index contributed by atoms with van der Waals surface area (Å²) < 4.78 is 0. The van der Waals surface area contributed by atoms with Crippen molar-refractivity contribution >= 4 is 29.2 Å². The first-order chi connectivity index (χ1) is 13.2. The molecule has 0 bridgehead atoms. The second-order valence-corrected chi connectivity index (χ2v) is 8.22. The van der Waals surface area contributed by atoms with Crippen LogP contribution in [0.5, 0.6) is 0 Å². The van der Waals surface area contributed by atoms with Crippen LogP contribution in [0.15, 0.2) is 12.3 Å². The number of piperidine rings is 1. The van der Waals surface area contributed by atoms with Gasteiger partial charge in [-0.25, -0.2) is 4.98 Å². The van der Waals surface area contributed by atoms with Gasteiger partial charge in [0.05, 0.1) is 11.9 Å². The molecule has 4 N–H and O–H groups in total. The van der Waals surface area contributed by atoms with Gasteiger partial charge in [-0.15, -0.1) is 0 Å². The van der Waals surface area contributed by atoms with Gasteiger partial charge in [0, 0.05) is 25.6 Å². The Labute approximate surface area is 165 Å². The van der Waals surface area contributed by atoms with Gasteiger partial charge in [0.25, 0.3) is 0 Å². The third-order valence-corrected chi connectivity index (χ3v) is 5.82. The maximum atomic E-state index is 12.9. The molecule has 0 aromatic carbocycles. The Bertz CT molecular complexity index is 775. The Hall–Kier alpha value is -2.64. The number of aryl methyl sites for hydroxylation is 1. The molecule has 28 heavy (non-hydrogen) atoms. The molecule has 1 unspecified atom stereocenters. The first-order valence-electron chi connectivity index (χ1n) is 9.85. The number of hydrogen-bond acceptors (Lipinski definition) is 5. The zero-order chi connectivity index (χ0) is 20.4. The van der Waals surface area contributed by atoms with Gasteiger partial charge >= 0.3 is 11.8 Å². The highest BCUT2D eigenvalue weighted by atomic mass is 16.2. The summed E-state index contributed by atoms with van der Waals surface area (Å²) in [6.07, 6.45) is 5.09. The zero-order valence-corrected chi connectivity index (χ0v) is 16.7. The lowest BCUT2D eigenvalue weighted by molar-refractivity contribution is -0.148. The number of carbonyl (C=O) groups is 3. The summed E-state index contributed by atoms with van der Waals surface area (Å²) in [4.78, 5) is 42.5. The molecule has 1 aromatic heterocycles. The molecule has 0 radical (unpaired) electrons. The van der Waals surface area contributed by atoms with E-state index in [0.29, 0.717) is 29.9 Å². The molecule has 2 aliphatic rings. The van der Waals surface area contributed by atoms with Crippen LogP contribution in [0, 0.1) is 18.8 Å². The van der Waals surface area contributed by atoms with E-state index in [9.17, 15) is 14.4 Å². The molecule has 2 heterocycles. The van der Waals surface area contributed by atoms with E-state index in [-0.39, 0.29) is 18.0 Å². The van der Waals surface area contributed by atoms with Crippen LogP contribution in [-0.2, 0) is 14.4 Å². The van der Waals surface area contributed by atoms with Crippen LogP contribution in [0.3, 0.4) is 0 Å². The Morgan fingerprint density at radius 3 is 2.61 bits per heavy atom. The van der Waals surface area contributed by atoms with Crippen LogP contribution in [-0.4, -0.2) is 46.2 Å². The molecule has 8 nitrogen and oxygen atoms in total. The lowest BCUT2D eigenvalue weighted by Crippen LogP contribution is -2.57. The SMILES string of the molecule is CC(=O)NC1CC(C2CC[C@H](C)CN2C(=O)C(=O)Nc2cnc(N)c(C)c2)C1. The first-order valence-corrected chi connectivity index (χ1v) is 9.85. The molecule has 3 amide bonds. The maximum absolute atomic E-state index is 12.9. The lowest BCUT2D eigenvalue weighted by atomic mass is 9.71. The smallest absolute Gasteiger partial charge is 0.313 e. The average molecular weight is 387 g/mol. The van der Waals surface area contributed by atoms with Gasteiger partial charge in [-0.2, -0.15) is 0 Å². The molecule has 3 rings (SSSR count). The van der Waals surface area contributed by atoms with Crippen molar-refractivity contribution in [2.45, 2.75) is 58.5 Å². The lowest BCUT2D eigenvalue weighted by Gasteiger charge is -2.48. The molecule has 0 spiro atoms. The minimum absolute atomic E-state index is 0.0274. The summed E-state index contributed by atoms with van der Waals surface area (Å²) in [5.41, 5.74) is 6.90. The number of amides is 3. The van der Waals surface area contributed by atoms with E-state index < -0.39 is 11.8 Å². The van der Waals surface area contributed by atoms with Crippen LogP contribution in [0.25, 0.3) is 0 Å². The van der Waals surface area contributed by atoms with Crippen molar-refractivity contribution in [1.29, 1.82) is 0 Å². The van der Waals surface area contributed by atoms with E-state index in [1.54, 1.807) is 17.9 Å². The van der Waals surface area contributed by atoms with Gasteiger partial charge in [0.15, 0.2) is 0 Å². The fourth-order valence-electron chi connectivity index (χ4n) is 4.25. The van der Waals surface area contributed by atoms with Crippen LogP contribution >= 0.6 is 0 Å². The Balaban J connectivity index is 1.65. The van der Waals surface area contributed by atoms with E-state index in [0.717, 1.165) is 31.2 Å². The predicted molar refractivity (Wildman–Crippen MR) is 106 cm³/mol. The summed E-state index contributed by atoms with van der Waals surface area (Å²) in [7, 11) is 0. The molecule has 2 atom stereocenters. The molecule has 1 aliphatic heterocycles. The van der Waals surface area contributed by atoms with Crippen molar-refractivity contribution in [1.82, 2.24) is 15.2 Å². The molecule has 152 valence electrons. The van der Waals surface area contributed by atoms with E-state index in [1.165, 1.54) is 13.1 Å². The molecule has 8 heteroatoms. The van der Waals surface area contributed by atoms with Crippen molar-refractivity contribution in [3.63, 3.8) is 0 Å². The highest BCUT2D eigenvalue weighted by molar-refractivity contribution is 6.39. The minimum atomic E-state index is -0.650. The summed E-state index contributed by atoms with van der Waals surface area (Å²) in [5.74, 6) is -0.105. The highest BCUT2D eigenvalue weighted by Gasteiger charge is 2.43. The first kappa shape index (κ1) is 20.1. The van der Waals surface area contributed by atoms with Crippen molar-refractivity contribution in [2.24, 2.45) is 11.8 Å². The van der Waals surface area contributed by atoms with Gasteiger partial charge in [0.2, 0.25) is 5.91 Å². The molecular weight excluding hydrogens is 358 g/mol. The third-order valence-electron chi connectivity index (χ3n) is 5.82. The molecule has 2 fully saturated rings. The number of pyridine rings is 1. The van der Waals surface area contributed by atoms with Crippen LogP contribution in [0.2, 0.25) is 0 Å². The topological polar surface area (TPSA) is 117 Å². The van der Waals surface area contributed by atoms with E-state index >= 15 is 0 Å². The molecule has 1 saturated heterocycles. The largest absolute Gasteiger partial charge is 0.383 e. The van der Waals surface area contributed by atoms with Crippen molar-refractivity contribution in [3.8, 4) is 0 Å². The Morgan fingerprint density at radius 2 is 1.96 bits per heavy atom. The zero-order valence-electron chi connectivity index (χ0n) is 16.7. The fourth-order valence-corrected chi connectivity index (χ4v) is 4.25. The summed E-state index contributed by atoms with van der Waals surface area (Å²) >= 11 is 0. The molecule has 1 aromatic rings. The number of nitrogens with two attached hydrogens (primary N) is 1. The van der Waals surface area contributed by atoms with E-state index in [1.807, 2.05) is 0 Å². The second kappa shape index (κ2) is 8.16. The monoisotopic (exact) mass is 387 g/mol. The summed E-state index contributed by atoms with van der Waals surface area (Å²) in [6.45, 7) is 5.99. The van der Waals surface area contributed by atoms with E-state index in [2.05, 4.69) is 22.5 Å². The fraction of sp³-hybridized carbons (Fsp3) is 0.600. The predicted octanol–water partition coefficient (Wildman–Crippen LogP) is 1.45. The summed E-state index contributed by atoms with van der Waals surface area (Å²) in [5, 5.41) is 5.57. The highest BCUT2D eigenvalue weighted by Crippen LogP contribution is 2.38. The van der Waals surface area contributed by atoms with Crippen LogP contribution in [0.1, 0.15) is 45.1 Å². The minimum Gasteiger partial charge on any atom is -0.383 e. The van der Waals surface area contributed by atoms with Crippen LogP contribution in [0.4, 0.5) is 11.5 Å². The van der Waals surface area contributed by atoms with E-state index in [4.69, 9.17) is 5.73 Å². The number of rotatable bonds is 3. The number of aromatic nitrogens is 1. The Kier molecular flexibility index (Phi) is 5.86. The quantitative estimate of drug-likeness (QED) is 0.679. The number of nitrogens with one attached hydrogen (secondary N) is 2. The van der Waals surface area contributed by atoms with Gasteiger partial charge in [-0.3, -0.25) is 14.4 Å². The third kappa shape index (κ3) is 4.43. The number of hydrogen-bond donors (Lipinski definition) is 3. The average Bonchev–Trinajstić information content (AvgIpc) is 2.60. The molecular formula is C20H29N5O3.